The number of methoxy groups -OCH3 is 1. The zero-order valence-electron chi connectivity index (χ0n) is 9.40. The fourth-order valence-electron chi connectivity index (χ4n) is 1.50. The van der Waals surface area contributed by atoms with Crippen molar-refractivity contribution < 1.29 is 19.7 Å². The van der Waals surface area contributed by atoms with Gasteiger partial charge in [0.1, 0.15) is 0 Å². The Kier molecular flexibility index (Phi) is 4.95. The lowest BCUT2D eigenvalue weighted by Gasteiger charge is -2.26. The molecule has 0 aliphatic carbocycles. The Bertz CT molecular complexity index is 186. The van der Waals surface area contributed by atoms with Gasteiger partial charge in [0.25, 0.3) is 0 Å². The van der Waals surface area contributed by atoms with E-state index in [-0.39, 0.29) is 6.04 Å². The summed E-state index contributed by atoms with van der Waals surface area (Å²) < 4.78 is 10.0. The van der Waals surface area contributed by atoms with E-state index in [0.717, 1.165) is 0 Å². The number of nitrogens with one attached hydrogen (secondary N) is 1. The van der Waals surface area contributed by atoms with E-state index < -0.39 is 11.7 Å². The molecule has 1 aliphatic heterocycles. The van der Waals surface area contributed by atoms with Gasteiger partial charge in [-0.2, -0.15) is 0 Å². The van der Waals surface area contributed by atoms with Crippen molar-refractivity contribution in [1.29, 1.82) is 0 Å². The van der Waals surface area contributed by atoms with Crippen molar-refractivity contribution in [2.24, 2.45) is 0 Å². The van der Waals surface area contributed by atoms with Crippen LogP contribution in [0.2, 0.25) is 0 Å². The van der Waals surface area contributed by atoms with Gasteiger partial charge in [-0.25, -0.2) is 0 Å². The van der Waals surface area contributed by atoms with Crippen LogP contribution in [0.15, 0.2) is 0 Å². The van der Waals surface area contributed by atoms with Gasteiger partial charge in [-0.05, 0) is 6.92 Å². The second-order valence-electron chi connectivity index (χ2n) is 4.33. The number of aliphatic hydroxyl groups excluding tert-OH is 1. The zero-order chi connectivity index (χ0) is 11.3. The molecule has 0 radical (unpaired) electrons. The summed E-state index contributed by atoms with van der Waals surface area (Å²) in [6, 6.07) is -0.0704. The van der Waals surface area contributed by atoms with Crippen molar-refractivity contribution in [3.63, 3.8) is 0 Å². The Morgan fingerprint density at radius 2 is 2.27 bits per heavy atom. The molecule has 0 amide bonds. The highest BCUT2D eigenvalue weighted by molar-refractivity contribution is 4.84. The summed E-state index contributed by atoms with van der Waals surface area (Å²) in [4.78, 5) is 0. The lowest BCUT2D eigenvalue weighted by atomic mass is 10.0. The van der Waals surface area contributed by atoms with Gasteiger partial charge >= 0.3 is 0 Å². The average molecular weight is 219 g/mol. The number of ether oxygens (including phenoxy) is 2. The van der Waals surface area contributed by atoms with E-state index in [9.17, 15) is 10.2 Å². The molecule has 3 N–H and O–H groups in total. The average Bonchev–Trinajstić information content (AvgIpc) is 2.58. The first-order valence-electron chi connectivity index (χ1n) is 5.26. The van der Waals surface area contributed by atoms with Crippen LogP contribution in [0.1, 0.15) is 13.3 Å². The lowest BCUT2D eigenvalue weighted by molar-refractivity contribution is 0.0196. The van der Waals surface area contributed by atoms with Crippen LogP contribution in [0.25, 0.3) is 0 Å². The zero-order valence-corrected chi connectivity index (χ0v) is 9.40. The van der Waals surface area contributed by atoms with Gasteiger partial charge < -0.3 is 25.0 Å². The number of hydrogen-bond donors (Lipinski definition) is 3. The predicted octanol–water partition coefficient (Wildman–Crippen LogP) is -0.877. The van der Waals surface area contributed by atoms with Gasteiger partial charge in [0.2, 0.25) is 0 Å². The highest BCUT2D eigenvalue weighted by atomic mass is 16.5. The van der Waals surface area contributed by atoms with Gasteiger partial charge in [0.15, 0.2) is 0 Å². The van der Waals surface area contributed by atoms with Crippen molar-refractivity contribution in [2.45, 2.75) is 31.1 Å². The fourth-order valence-corrected chi connectivity index (χ4v) is 1.50. The summed E-state index contributed by atoms with van der Waals surface area (Å²) >= 11 is 0. The molecule has 0 spiro atoms. The van der Waals surface area contributed by atoms with Crippen LogP contribution < -0.4 is 5.32 Å². The third-order valence-electron chi connectivity index (χ3n) is 2.64. The summed E-state index contributed by atoms with van der Waals surface area (Å²) in [6.45, 7) is 3.58. The van der Waals surface area contributed by atoms with Gasteiger partial charge in [0.05, 0.1) is 31.0 Å². The summed E-state index contributed by atoms with van der Waals surface area (Å²) in [5.41, 5.74) is -0.807. The third-order valence-corrected chi connectivity index (χ3v) is 2.64. The lowest BCUT2D eigenvalue weighted by Crippen LogP contribution is -2.47. The summed E-state index contributed by atoms with van der Waals surface area (Å²) in [5.74, 6) is 0. The second-order valence-corrected chi connectivity index (χ2v) is 4.33. The molecule has 0 aromatic heterocycles. The fraction of sp³-hybridized carbons (Fsp3) is 1.00. The second kappa shape index (κ2) is 5.77. The number of rotatable bonds is 6. The molecule has 1 fully saturated rings. The van der Waals surface area contributed by atoms with Crippen LogP contribution in [-0.4, -0.2) is 61.4 Å². The first-order valence-corrected chi connectivity index (χ1v) is 5.26. The Labute approximate surface area is 90.4 Å². The molecule has 5 heteroatoms. The minimum Gasteiger partial charge on any atom is -0.389 e. The normalized spacial score (nSPS) is 30.4. The summed E-state index contributed by atoms with van der Waals surface area (Å²) in [7, 11) is 1.61. The van der Waals surface area contributed by atoms with E-state index in [4.69, 9.17) is 9.47 Å². The van der Waals surface area contributed by atoms with E-state index >= 15 is 0 Å². The maximum Gasteiger partial charge on any atom is 0.0948 e. The molecular formula is C10H21NO4. The molecule has 15 heavy (non-hydrogen) atoms. The monoisotopic (exact) mass is 219 g/mol. The van der Waals surface area contributed by atoms with Crippen LogP contribution in [0.5, 0.6) is 0 Å². The SMILES string of the molecule is COCCC(C)(O)CNC1COCC1O. The van der Waals surface area contributed by atoms with Gasteiger partial charge in [0, 0.05) is 26.7 Å². The number of hydrogen-bond acceptors (Lipinski definition) is 5. The highest BCUT2D eigenvalue weighted by Gasteiger charge is 2.28. The van der Waals surface area contributed by atoms with E-state index in [1.807, 2.05) is 0 Å². The van der Waals surface area contributed by atoms with Crippen molar-refractivity contribution in [3.8, 4) is 0 Å². The first kappa shape index (κ1) is 12.9. The maximum absolute atomic E-state index is 9.93. The van der Waals surface area contributed by atoms with Gasteiger partial charge in [-0.1, -0.05) is 0 Å². The van der Waals surface area contributed by atoms with E-state index in [1.165, 1.54) is 0 Å². The van der Waals surface area contributed by atoms with E-state index in [2.05, 4.69) is 5.32 Å². The molecule has 0 saturated carbocycles. The summed E-state index contributed by atoms with van der Waals surface area (Å²) in [5, 5.41) is 22.5. The van der Waals surface area contributed by atoms with Crippen molar-refractivity contribution >= 4 is 0 Å². The largest absolute Gasteiger partial charge is 0.389 e. The highest BCUT2D eigenvalue weighted by Crippen LogP contribution is 2.10. The molecular weight excluding hydrogens is 198 g/mol. The molecule has 1 aliphatic rings. The molecule has 0 bridgehead atoms. The van der Waals surface area contributed by atoms with Gasteiger partial charge in [-0.15, -0.1) is 0 Å². The Morgan fingerprint density at radius 1 is 1.53 bits per heavy atom. The van der Waals surface area contributed by atoms with Crippen LogP contribution in [0, 0.1) is 0 Å². The van der Waals surface area contributed by atoms with E-state index in [1.54, 1.807) is 14.0 Å². The smallest absolute Gasteiger partial charge is 0.0948 e. The Hall–Kier alpha value is -0.200. The van der Waals surface area contributed by atoms with E-state index in [0.29, 0.717) is 32.8 Å². The minimum atomic E-state index is -0.807. The third kappa shape index (κ3) is 4.44. The Morgan fingerprint density at radius 3 is 2.80 bits per heavy atom. The van der Waals surface area contributed by atoms with Crippen molar-refractivity contribution in [2.75, 3.05) is 33.5 Å². The summed E-state index contributed by atoms with van der Waals surface area (Å²) in [6.07, 6.45) is 0.100. The minimum absolute atomic E-state index is 0.0704. The van der Waals surface area contributed by atoms with Gasteiger partial charge in [-0.3, -0.25) is 0 Å². The molecule has 5 nitrogen and oxygen atoms in total. The molecule has 0 aromatic carbocycles. The molecule has 1 rings (SSSR count). The standard InChI is InChI=1S/C10H21NO4/c1-10(13,3-4-14-2)7-11-8-5-15-6-9(8)12/h8-9,11-13H,3-7H2,1-2H3. The maximum atomic E-state index is 9.93. The van der Waals surface area contributed by atoms with Crippen molar-refractivity contribution in [3.05, 3.63) is 0 Å². The first-order chi connectivity index (χ1) is 7.05. The molecule has 0 aromatic rings. The molecule has 1 saturated heterocycles. The van der Waals surface area contributed by atoms with Crippen molar-refractivity contribution in [1.82, 2.24) is 5.32 Å². The van der Waals surface area contributed by atoms with Crippen LogP contribution in [-0.2, 0) is 9.47 Å². The Balaban J connectivity index is 2.22. The molecule has 3 atom stereocenters. The topological polar surface area (TPSA) is 71.0 Å². The number of aliphatic hydroxyl groups is 2. The molecule has 1 heterocycles. The van der Waals surface area contributed by atoms with Crippen LogP contribution in [0.4, 0.5) is 0 Å². The molecule has 90 valence electrons. The van der Waals surface area contributed by atoms with Crippen LogP contribution >= 0.6 is 0 Å². The quantitative estimate of drug-likeness (QED) is 0.541. The molecule has 3 unspecified atom stereocenters. The van der Waals surface area contributed by atoms with Crippen LogP contribution in [0.3, 0.4) is 0 Å². The predicted molar refractivity (Wildman–Crippen MR) is 55.7 cm³/mol.